The molecule has 0 aromatic heterocycles. The Morgan fingerprint density at radius 3 is 2.87 bits per heavy atom. The summed E-state index contributed by atoms with van der Waals surface area (Å²) in [4.78, 5) is 0. The fourth-order valence-corrected chi connectivity index (χ4v) is 1.82. The Morgan fingerprint density at radius 2 is 2.20 bits per heavy atom. The van der Waals surface area contributed by atoms with Gasteiger partial charge in [-0.05, 0) is 31.4 Å². The number of halogens is 1. The van der Waals surface area contributed by atoms with Crippen molar-refractivity contribution in [2.45, 2.75) is 31.5 Å². The standard InChI is InChI=1S/C11H14FNO2/c12-7-4-5-8(13)11(6-7)15-10-3-1-2-9(10)14/h4-6,9-10,14H,1-3,13H2/t9-,10+/m1/s1. The van der Waals surface area contributed by atoms with Crippen LogP contribution in [0.25, 0.3) is 0 Å². The highest BCUT2D eigenvalue weighted by Gasteiger charge is 2.27. The summed E-state index contributed by atoms with van der Waals surface area (Å²) in [5.41, 5.74) is 6.04. The van der Waals surface area contributed by atoms with Gasteiger partial charge in [-0.15, -0.1) is 0 Å². The maximum absolute atomic E-state index is 12.9. The molecule has 0 unspecified atom stereocenters. The SMILES string of the molecule is Nc1ccc(F)cc1O[C@H]1CCC[C@H]1O. The number of aliphatic hydroxyl groups excluding tert-OH is 1. The minimum atomic E-state index is -0.465. The smallest absolute Gasteiger partial charge is 0.145 e. The summed E-state index contributed by atoms with van der Waals surface area (Å²) < 4.78 is 18.4. The molecule has 4 heteroatoms. The zero-order chi connectivity index (χ0) is 10.8. The minimum absolute atomic E-state index is 0.255. The molecule has 0 bridgehead atoms. The van der Waals surface area contributed by atoms with Gasteiger partial charge in [-0.3, -0.25) is 0 Å². The van der Waals surface area contributed by atoms with Gasteiger partial charge in [0.1, 0.15) is 17.7 Å². The van der Waals surface area contributed by atoms with Crippen molar-refractivity contribution in [1.82, 2.24) is 0 Å². The Morgan fingerprint density at radius 1 is 1.40 bits per heavy atom. The van der Waals surface area contributed by atoms with E-state index >= 15 is 0 Å². The van der Waals surface area contributed by atoms with E-state index in [-0.39, 0.29) is 11.9 Å². The predicted octanol–water partition coefficient (Wildman–Crippen LogP) is 1.70. The summed E-state index contributed by atoms with van der Waals surface area (Å²) in [6, 6.07) is 4.00. The Hall–Kier alpha value is -1.29. The molecule has 15 heavy (non-hydrogen) atoms. The highest BCUT2D eigenvalue weighted by Crippen LogP contribution is 2.28. The Balaban J connectivity index is 2.12. The second-order valence-corrected chi connectivity index (χ2v) is 3.84. The highest BCUT2D eigenvalue weighted by atomic mass is 19.1. The Kier molecular flexibility index (Phi) is 2.77. The largest absolute Gasteiger partial charge is 0.485 e. The monoisotopic (exact) mass is 211 g/mol. The number of nitrogens with two attached hydrogens (primary N) is 1. The van der Waals surface area contributed by atoms with Gasteiger partial charge in [-0.2, -0.15) is 0 Å². The van der Waals surface area contributed by atoms with Crippen molar-refractivity contribution < 1.29 is 14.2 Å². The van der Waals surface area contributed by atoms with Crippen molar-refractivity contribution in [2.75, 3.05) is 5.73 Å². The molecule has 0 amide bonds. The number of hydrogen-bond donors (Lipinski definition) is 2. The number of rotatable bonds is 2. The van der Waals surface area contributed by atoms with E-state index in [2.05, 4.69) is 0 Å². The molecule has 1 saturated carbocycles. The number of ether oxygens (including phenoxy) is 1. The van der Waals surface area contributed by atoms with Crippen molar-refractivity contribution in [2.24, 2.45) is 0 Å². The van der Waals surface area contributed by atoms with Crippen LogP contribution < -0.4 is 10.5 Å². The van der Waals surface area contributed by atoms with Gasteiger partial charge in [0.15, 0.2) is 0 Å². The molecule has 0 saturated heterocycles. The average molecular weight is 211 g/mol. The number of nitrogen functional groups attached to an aromatic ring is 1. The predicted molar refractivity (Wildman–Crippen MR) is 55.1 cm³/mol. The first kappa shape index (κ1) is 10.2. The normalized spacial score (nSPS) is 25.5. The third-order valence-electron chi connectivity index (χ3n) is 2.67. The summed E-state index contributed by atoms with van der Waals surface area (Å²) in [5.74, 6) is -0.0624. The van der Waals surface area contributed by atoms with Crippen LogP contribution in [0.15, 0.2) is 18.2 Å². The van der Waals surface area contributed by atoms with Gasteiger partial charge in [0.2, 0.25) is 0 Å². The zero-order valence-electron chi connectivity index (χ0n) is 8.32. The zero-order valence-corrected chi connectivity index (χ0v) is 8.32. The summed E-state index contributed by atoms with van der Waals surface area (Å²) in [6.45, 7) is 0. The maximum atomic E-state index is 12.9. The van der Waals surface area contributed by atoms with Crippen LogP contribution in [0, 0.1) is 5.82 Å². The molecule has 2 atom stereocenters. The molecule has 1 aliphatic carbocycles. The molecular weight excluding hydrogens is 197 g/mol. The molecule has 0 heterocycles. The molecular formula is C11H14FNO2. The third kappa shape index (κ3) is 2.21. The quantitative estimate of drug-likeness (QED) is 0.732. The number of anilines is 1. The van der Waals surface area contributed by atoms with E-state index < -0.39 is 6.10 Å². The van der Waals surface area contributed by atoms with Gasteiger partial charge in [0, 0.05) is 6.07 Å². The summed E-state index contributed by atoms with van der Waals surface area (Å²) in [7, 11) is 0. The van der Waals surface area contributed by atoms with Gasteiger partial charge >= 0.3 is 0 Å². The van der Waals surface area contributed by atoms with E-state index in [1.165, 1.54) is 18.2 Å². The molecule has 1 aromatic rings. The van der Waals surface area contributed by atoms with Gasteiger partial charge < -0.3 is 15.6 Å². The molecule has 3 nitrogen and oxygen atoms in total. The van der Waals surface area contributed by atoms with Crippen LogP contribution in [-0.2, 0) is 0 Å². The van der Waals surface area contributed by atoms with Crippen molar-refractivity contribution in [3.8, 4) is 5.75 Å². The number of benzene rings is 1. The highest BCUT2D eigenvalue weighted by molar-refractivity contribution is 5.52. The Bertz CT molecular complexity index is 356. The Labute approximate surface area is 87.7 Å². The topological polar surface area (TPSA) is 55.5 Å². The van der Waals surface area contributed by atoms with Crippen LogP contribution in [0.4, 0.5) is 10.1 Å². The van der Waals surface area contributed by atoms with Gasteiger partial charge in [0.05, 0.1) is 11.8 Å². The van der Waals surface area contributed by atoms with Crippen molar-refractivity contribution >= 4 is 5.69 Å². The van der Waals surface area contributed by atoms with Crippen LogP contribution >= 0.6 is 0 Å². The lowest BCUT2D eigenvalue weighted by molar-refractivity contribution is 0.0607. The molecule has 1 aliphatic rings. The van der Waals surface area contributed by atoms with Crippen molar-refractivity contribution in [3.63, 3.8) is 0 Å². The first-order valence-electron chi connectivity index (χ1n) is 5.06. The van der Waals surface area contributed by atoms with Gasteiger partial charge in [0.25, 0.3) is 0 Å². The van der Waals surface area contributed by atoms with E-state index in [9.17, 15) is 9.50 Å². The van der Waals surface area contributed by atoms with E-state index in [1.54, 1.807) is 0 Å². The van der Waals surface area contributed by atoms with Crippen molar-refractivity contribution in [3.05, 3.63) is 24.0 Å². The number of hydrogen-bond acceptors (Lipinski definition) is 3. The van der Waals surface area contributed by atoms with E-state index in [1.807, 2.05) is 0 Å². The molecule has 1 aromatic carbocycles. The first-order valence-corrected chi connectivity index (χ1v) is 5.06. The lowest BCUT2D eigenvalue weighted by Gasteiger charge is -2.18. The molecule has 82 valence electrons. The summed E-state index contributed by atoms with van der Waals surface area (Å²) in [6.07, 6.45) is 1.74. The van der Waals surface area contributed by atoms with Gasteiger partial charge in [-0.25, -0.2) is 4.39 Å². The molecule has 0 aliphatic heterocycles. The molecule has 3 N–H and O–H groups in total. The lowest BCUT2D eigenvalue weighted by atomic mass is 10.2. The molecule has 1 fully saturated rings. The second kappa shape index (κ2) is 4.06. The third-order valence-corrected chi connectivity index (χ3v) is 2.67. The first-order chi connectivity index (χ1) is 7.16. The minimum Gasteiger partial charge on any atom is -0.485 e. The lowest BCUT2D eigenvalue weighted by Crippen LogP contribution is -2.26. The molecule has 2 rings (SSSR count). The van der Waals surface area contributed by atoms with Gasteiger partial charge in [-0.1, -0.05) is 0 Å². The maximum Gasteiger partial charge on any atom is 0.145 e. The van der Waals surface area contributed by atoms with Crippen LogP contribution in [0.1, 0.15) is 19.3 Å². The van der Waals surface area contributed by atoms with Crippen LogP contribution in [-0.4, -0.2) is 17.3 Å². The van der Waals surface area contributed by atoms with E-state index in [4.69, 9.17) is 10.5 Å². The van der Waals surface area contributed by atoms with Crippen LogP contribution in [0.2, 0.25) is 0 Å². The number of aliphatic hydroxyl groups is 1. The fraction of sp³-hybridized carbons (Fsp3) is 0.455. The summed E-state index contributed by atoms with van der Waals surface area (Å²) >= 11 is 0. The fourth-order valence-electron chi connectivity index (χ4n) is 1.82. The van der Waals surface area contributed by atoms with Crippen LogP contribution in [0.5, 0.6) is 5.75 Å². The second-order valence-electron chi connectivity index (χ2n) is 3.84. The molecule has 0 spiro atoms. The average Bonchev–Trinajstić information content (AvgIpc) is 2.58. The molecule has 0 radical (unpaired) electrons. The van der Waals surface area contributed by atoms with E-state index in [0.29, 0.717) is 11.4 Å². The van der Waals surface area contributed by atoms with E-state index in [0.717, 1.165) is 19.3 Å². The van der Waals surface area contributed by atoms with Crippen molar-refractivity contribution in [1.29, 1.82) is 0 Å². The van der Waals surface area contributed by atoms with Crippen LogP contribution in [0.3, 0.4) is 0 Å². The summed E-state index contributed by atoms with van der Waals surface area (Å²) in [5, 5.41) is 9.55.